The van der Waals surface area contributed by atoms with Crippen LogP contribution < -0.4 is 0 Å². The third kappa shape index (κ3) is 5.53. The minimum Gasteiger partial charge on any atom is -0.414 e. The molecule has 6 rings (SSSR count). The van der Waals surface area contributed by atoms with Crippen molar-refractivity contribution in [1.82, 2.24) is 0 Å². The van der Waals surface area contributed by atoms with Gasteiger partial charge in [0.15, 0.2) is 12.1 Å². The Kier molecular flexibility index (Phi) is 9.02. The van der Waals surface area contributed by atoms with Crippen LogP contribution in [0.5, 0.6) is 0 Å². The lowest BCUT2D eigenvalue weighted by atomic mass is 9.62. The second-order valence-electron chi connectivity index (χ2n) is 14.6. The van der Waals surface area contributed by atoms with E-state index in [0.29, 0.717) is 18.6 Å². The van der Waals surface area contributed by atoms with Crippen molar-refractivity contribution in [3.05, 3.63) is 47.5 Å². The number of nitriles is 1. The molecule has 1 unspecified atom stereocenters. The van der Waals surface area contributed by atoms with E-state index in [0.717, 1.165) is 5.56 Å². The summed E-state index contributed by atoms with van der Waals surface area (Å²) in [5.41, 5.74) is 0.353. The molecule has 1 spiro atoms. The zero-order valence-corrected chi connectivity index (χ0v) is 29.6. The smallest absolute Gasteiger partial charge is 0.336 e. The number of benzene rings is 1. The van der Waals surface area contributed by atoms with E-state index in [1.165, 1.54) is 0 Å². The van der Waals surface area contributed by atoms with Gasteiger partial charge in [0.2, 0.25) is 0 Å². The highest BCUT2D eigenvalue weighted by molar-refractivity contribution is 6.84. The fourth-order valence-electron chi connectivity index (χ4n) is 7.69. The van der Waals surface area contributed by atoms with Gasteiger partial charge < -0.3 is 31.9 Å². The van der Waals surface area contributed by atoms with E-state index in [1.807, 2.05) is 38.1 Å². The zero-order valence-electron chi connectivity index (χ0n) is 27.6. The van der Waals surface area contributed by atoms with E-state index in [-0.39, 0.29) is 35.4 Å². The van der Waals surface area contributed by atoms with Gasteiger partial charge in [0.1, 0.15) is 11.7 Å². The standard InChI is InChI=1S/C33H51NO7Si2/c1-22(2)42(23(3)4)38-28-17-32(20-35-19-26-14-12-11-13-15-26)27(18-34)16-33(21-36-31(9,10)40-33)30(37-28)29(32)39-43(41-42,24(5)6)25(7)8/h11-16,22-25,28-30H,17,19-21H2,1-10H3/t28-,29-,30-,32-,33?/m1/s1. The van der Waals surface area contributed by atoms with Crippen LogP contribution >= 0.6 is 0 Å². The SMILES string of the molecule is CC(C)[Si]1(C(C)C)O[C@@H]2C[C@@]3(COCc4ccccc4)C(C#N)=CC4(COC(C)(C)O4)[C@H](O2)[C@H]3O[Si](C(C)C)(C(C)C)O1. The summed E-state index contributed by atoms with van der Waals surface area (Å²) < 4.78 is 48.8. The minimum absolute atomic E-state index is 0.114. The monoisotopic (exact) mass is 629 g/mol. The van der Waals surface area contributed by atoms with Crippen LogP contribution in [0.25, 0.3) is 0 Å². The van der Waals surface area contributed by atoms with Crippen molar-refractivity contribution in [2.24, 2.45) is 5.41 Å². The number of ether oxygens (including phenoxy) is 4. The van der Waals surface area contributed by atoms with Gasteiger partial charge in [0.25, 0.3) is 0 Å². The molecule has 4 fully saturated rings. The quantitative estimate of drug-likeness (QED) is 0.278. The third-order valence-corrected chi connectivity index (χ3v) is 20.1. The van der Waals surface area contributed by atoms with Gasteiger partial charge in [-0.3, -0.25) is 0 Å². The van der Waals surface area contributed by atoms with Crippen molar-refractivity contribution in [3.8, 4) is 6.07 Å². The average Bonchev–Trinajstić information content (AvgIpc) is 3.30. The fraction of sp³-hybridized carbons (Fsp3) is 0.727. The predicted octanol–water partition coefficient (Wildman–Crippen LogP) is 7.25. The molecule has 43 heavy (non-hydrogen) atoms. The van der Waals surface area contributed by atoms with Gasteiger partial charge in [-0.05, 0) is 47.7 Å². The first-order chi connectivity index (χ1) is 20.2. The van der Waals surface area contributed by atoms with Crippen molar-refractivity contribution in [2.75, 3.05) is 13.2 Å². The van der Waals surface area contributed by atoms with E-state index >= 15 is 0 Å². The molecule has 0 N–H and O–H groups in total. The highest BCUT2D eigenvalue weighted by atomic mass is 28.5. The van der Waals surface area contributed by atoms with E-state index in [9.17, 15) is 5.26 Å². The first kappa shape index (κ1) is 33.0. The molecule has 8 nitrogen and oxygen atoms in total. The maximum Gasteiger partial charge on any atom is 0.336 e. The van der Waals surface area contributed by atoms with Crippen LogP contribution in [0.3, 0.4) is 0 Å². The first-order valence-corrected chi connectivity index (χ1v) is 19.9. The van der Waals surface area contributed by atoms with Gasteiger partial charge in [-0.25, -0.2) is 0 Å². The number of hydrogen-bond donors (Lipinski definition) is 0. The Morgan fingerprint density at radius 1 is 0.907 bits per heavy atom. The molecule has 0 amide bonds. The lowest BCUT2D eigenvalue weighted by molar-refractivity contribution is -0.285. The summed E-state index contributed by atoms with van der Waals surface area (Å²) in [6.07, 6.45) is 0.618. The summed E-state index contributed by atoms with van der Waals surface area (Å²) in [5, 5.41) is 10.8. The van der Waals surface area contributed by atoms with Crippen LogP contribution in [-0.2, 0) is 38.5 Å². The summed E-state index contributed by atoms with van der Waals surface area (Å²) in [5.74, 6) is -0.849. The maximum atomic E-state index is 10.8. The van der Waals surface area contributed by atoms with Crippen LogP contribution in [0.4, 0.5) is 0 Å². The van der Waals surface area contributed by atoms with Gasteiger partial charge in [-0.2, -0.15) is 5.26 Å². The van der Waals surface area contributed by atoms with Gasteiger partial charge in [0, 0.05) is 12.0 Å². The molecular weight excluding hydrogens is 579 g/mol. The molecular formula is C33H51NO7Si2. The maximum absolute atomic E-state index is 10.8. The Balaban J connectivity index is 1.71. The van der Waals surface area contributed by atoms with Crippen molar-refractivity contribution >= 4 is 17.1 Å². The van der Waals surface area contributed by atoms with Crippen LogP contribution in [0.15, 0.2) is 42.0 Å². The topological polar surface area (TPSA) is 88.4 Å². The largest absolute Gasteiger partial charge is 0.414 e. The number of hydrogen-bond acceptors (Lipinski definition) is 8. The molecule has 5 aliphatic rings. The summed E-state index contributed by atoms with van der Waals surface area (Å²) >= 11 is 0. The number of fused-ring (bicyclic) bond motifs is 4. The molecule has 1 aromatic rings. The van der Waals surface area contributed by atoms with Crippen molar-refractivity contribution in [2.45, 2.75) is 134 Å². The van der Waals surface area contributed by atoms with Crippen molar-refractivity contribution < 1.29 is 31.9 Å². The van der Waals surface area contributed by atoms with E-state index in [4.69, 9.17) is 31.9 Å². The number of nitrogens with zero attached hydrogens (tertiary/aromatic N) is 1. The third-order valence-electron chi connectivity index (χ3n) is 9.89. The van der Waals surface area contributed by atoms with E-state index in [1.54, 1.807) is 0 Å². The fourth-order valence-corrected chi connectivity index (χ4v) is 18.9. The molecule has 4 aliphatic heterocycles. The van der Waals surface area contributed by atoms with Crippen molar-refractivity contribution in [3.63, 3.8) is 0 Å². The average molecular weight is 630 g/mol. The molecule has 10 heteroatoms. The van der Waals surface area contributed by atoms with Crippen molar-refractivity contribution in [1.29, 1.82) is 5.26 Å². The number of rotatable bonds is 8. The highest BCUT2D eigenvalue weighted by Crippen LogP contribution is 2.59. The predicted molar refractivity (Wildman–Crippen MR) is 168 cm³/mol. The molecule has 4 saturated heterocycles. The molecule has 4 bridgehead atoms. The van der Waals surface area contributed by atoms with Gasteiger partial charge in [-0.15, -0.1) is 0 Å². The molecule has 4 heterocycles. The zero-order chi connectivity index (χ0) is 31.4. The summed E-state index contributed by atoms with van der Waals surface area (Å²) in [4.78, 5) is 0. The summed E-state index contributed by atoms with van der Waals surface area (Å²) in [6.45, 7) is 22.4. The second-order valence-corrected chi connectivity index (χ2v) is 23.4. The molecule has 0 aromatic heterocycles. The van der Waals surface area contributed by atoms with Gasteiger partial charge in [0.05, 0.1) is 37.4 Å². The Morgan fingerprint density at radius 3 is 2.05 bits per heavy atom. The van der Waals surface area contributed by atoms with Crippen LogP contribution in [-0.4, -0.2) is 60.2 Å². The molecule has 0 saturated carbocycles. The normalized spacial score (nSPS) is 34.3. The van der Waals surface area contributed by atoms with Gasteiger partial charge in [-0.1, -0.05) is 85.7 Å². The molecule has 0 radical (unpaired) electrons. The van der Waals surface area contributed by atoms with Crippen LogP contribution in [0.1, 0.15) is 81.2 Å². The Hall–Kier alpha value is -1.40. The van der Waals surface area contributed by atoms with E-state index < -0.39 is 52.4 Å². The summed E-state index contributed by atoms with van der Waals surface area (Å²) in [7, 11) is -6.01. The van der Waals surface area contributed by atoms with Gasteiger partial charge >= 0.3 is 17.1 Å². The van der Waals surface area contributed by atoms with E-state index in [2.05, 4.69) is 73.6 Å². The first-order valence-electron chi connectivity index (χ1n) is 16.0. The molecule has 238 valence electrons. The van der Waals surface area contributed by atoms with Crippen LogP contribution in [0, 0.1) is 16.7 Å². The molecule has 5 atom stereocenters. The van der Waals surface area contributed by atoms with Crippen LogP contribution in [0.2, 0.25) is 22.2 Å². The Morgan fingerprint density at radius 2 is 1.51 bits per heavy atom. The summed E-state index contributed by atoms with van der Waals surface area (Å²) in [6, 6.07) is 12.7. The molecule has 1 aliphatic carbocycles. The second kappa shape index (κ2) is 11.8. The minimum atomic E-state index is -3.06. The highest BCUT2D eigenvalue weighted by Gasteiger charge is 2.70. The lowest BCUT2D eigenvalue weighted by Gasteiger charge is -2.57. The Labute approximate surface area is 260 Å². The Bertz CT molecular complexity index is 1210. The molecule has 1 aromatic carbocycles. The lowest BCUT2D eigenvalue weighted by Crippen LogP contribution is -2.69.